The average molecular weight is 409 g/mol. The molecule has 2 saturated heterocycles. The molecule has 156 valence electrons. The van der Waals surface area contributed by atoms with Crippen molar-refractivity contribution in [2.45, 2.75) is 70.7 Å². The Labute approximate surface area is 173 Å². The van der Waals surface area contributed by atoms with Gasteiger partial charge in [0.05, 0.1) is 12.7 Å². The molecule has 1 amide bonds. The number of carbonyl (C=O) groups excluding carboxylic acids is 1. The molecular formula is C22H33ClN2O3. The molecule has 2 fully saturated rings. The third-order valence-corrected chi connectivity index (χ3v) is 5.73. The van der Waals surface area contributed by atoms with E-state index in [1.54, 1.807) is 0 Å². The van der Waals surface area contributed by atoms with Crippen LogP contribution >= 0.6 is 11.6 Å². The quantitative estimate of drug-likeness (QED) is 0.744. The van der Waals surface area contributed by atoms with Crippen LogP contribution in [0.2, 0.25) is 5.02 Å². The van der Waals surface area contributed by atoms with Gasteiger partial charge in [0.25, 0.3) is 0 Å². The molecule has 0 saturated carbocycles. The zero-order valence-electron chi connectivity index (χ0n) is 17.5. The summed E-state index contributed by atoms with van der Waals surface area (Å²) in [5.41, 5.74) is 0.834. The number of carbonyl (C=O) groups is 1. The number of benzene rings is 1. The summed E-state index contributed by atoms with van der Waals surface area (Å²) in [5, 5.41) is 0.767. The number of piperidine rings is 1. The van der Waals surface area contributed by atoms with E-state index in [1.807, 2.05) is 37.8 Å². The van der Waals surface area contributed by atoms with Gasteiger partial charge in [0.2, 0.25) is 0 Å². The lowest BCUT2D eigenvalue weighted by atomic mass is 9.96. The fourth-order valence-electron chi connectivity index (χ4n) is 4.09. The van der Waals surface area contributed by atoms with E-state index < -0.39 is 5.60 Å². The van der Waals surface area contributed by atoms with Crippen LogP contribution in [0, 0.1) is 0 Å². The molecule has 6 heteroatoms. The van der Waals surface area contributed by atoms with Gasteiger partial charge >= 0.3 is 6.09 Å². The molecule has 3 rings (SSSR count). The number of rotatable bonds is 3. The van der Waals surface area contributed by atoms with Crippen LogP contribution in [0.25, 0.3) is 0 Å². The summed E-state index contributed by atoms with van der Waals surface area (Å²) < 4.78 is 11.5. The van der Waals surface area contributed by atoms with Crippen molar-refractivity contribution >= 4 is 17.7 Å². The van der Waals surface area contributed by atoms with Crippen molar-refractivity contribution in [3.05, 3.63) is 34.9 Å². The third-order valence-electron chi connectivity index (χ3n) is 5.48. The second-order valence-corrected chi connectivity index (χ2v) is 9.46. The summed E-state index contributed by atoms with van der Waals surface area (Å²) in [6, 6.07) is 8.94. The molecule has 0 radical (unpaired) electrons. The summed E-state index contributed by atoms with van der Waals surface area (Å²) in [5.74, 6) is 0. The minimum Gasteiger partial charge on any atom is -0.444 e. The highest BCUT2D eigenvalue weighted by Crippen LogP contribution is 2.26. The first-order valence-corrected chi connectivity index (χ1v) is 10.7. The van der Waals surface area contributed by atoms with Crippen LogP contribution in [0.3, 0.4) is 0 Å². The first kappa shape index (κ1) is 21.4. The number of likely N-dealkylation sites (tertiary alicyclic amines) is 1. The molecule has 0 aromatic heterocycles. The SMILES string of the molecule is C[C@H]1CN(C2CCN(C(=O)OC(C)(C)C)CC2)C(Cc2ccc(Cl)cc2)CO1. The number of morpholine rings is 1. The topological polar surface area (TPSA) is 42.0 Å². The smallest absolute Gasteiger partial charge is 0.410 e. The highest BCUT2D eigenvalue weighted by molar-refractivity contribution is 6.30. The largest absolute Gasteiger partial charge is 0.444 e. The number of ether oxygens (including phenoxy) is 2. The summed E-state index contributed by atoms with van der Waals surface area (Å²) in [6.45, 7) is 11.1. The van der Waals surface area contributed by atoms with Crippen molar-refractivity contribution in [1.29, 1.82) is 0 Å². The van der Waals surface area contributed by atoms with Crippen molar-refractivity contribution in [3.8, 4) is 0 Å². The Balaban J connectivity index is 1.60. The van der Waals surface area contributed by atoms with E-state index in [4.69, 9.17) is 21.1 Å². The monoisotopic (exact) mass is 408 g/mol. The predicted octanol–water partition coefficient (Wildman–Crippen LogP) is 4.37. The Hall–Kier alpha value is -1.30. The van der Waals surface area contributed by atoms with Crippen molar-refractivity contribution < 1.29 is 14.3 Å². The summed E-state index contributed by atoms with van der Waals surface area (Å²) in [6.07, 6.45) is 2.95. The zero-order chi connectivity index (χ0) is 20.3. The van der Waals surface area contributed by atoms with Gasteiger partial charge in [-0.05, 0) is 64.7 Å². The lowest BCUT2D eigenvalue weighted by Crippen LogP contribution is -2.57. The fraction of sp³-hybridized carbons (Fsp3) is 0.682. The molecule has 0 aliphatic carbocycles. The molecule has 0 spiro atoms. The van der Waals surface area contributed by atoms with Crippen molar-refractivity contribution in [2.24, 2.45) is 0 Å². The highest BCUT2D eigenvalue weighted by atomic mass is 35.5. The van der Waals surface area contributed by atoms with Crippen LogP contribution < -0.4 is 0 Å². The lowest BCUT2D eigenvalue weighted by Gasteiger charge is -2.46. The normalized spacial score (nSPS) is 25.0. The molecule has 1 aromatic carbocycles. The van der Waals surface area contributed by atoms with Crippen molar-refractivity contribution in [3.63, 3.8) is 0 Å². The van der Waals surface area contributed by atoms with Gasteiger partial charge in [-0.2, -0.15) is 0 Å². The minimum atomic E-state index is -0.447. The van der Waals surface area contributed by atoms with E-state index in [9.17, 15) is 4.79 Å². The fourth-order valence-corrected chi connectivity index (χ4v) is 4.22. The first-order valence-electron chi connectivity index (χ1n) is 10.3. The number of halogens is 1. The van der Waals surface area contributed by atoms with Crippen LogP contribution in [0.1, 0.15) is 46.1 Å². The maximum absolute atomic E-state index is 12.3. The van der Waals surface area contributed by atoms with Gasteiger partial charge in [0, 0.05) is 36.7 Å². The molecule has 0 bridgehead atoms. The summed E-state index contributed by atoms with van der Waals surface area (Å²) in [4.78, 5) is 16.8. The highest BCUT2D eigenvalue weighted by Gasteiger charge is 2.35. The number of hydrogen-bond acceptors (Lipinski definition) is 4. The minimum absolute atomic E-state index is 0.195. The van der Waals surface area contributed by atoms with Crippen LogP contribution in [0.15, 0.2) is 24.3 Å². The van der Waals surface area contributed by atoms with Crippen LogP contribution in [0.5, 0.6) is 0 Å². The average Bonchev–Trinajstić information content (AvgIpc) is 2.64. The number of amides is 1. The van der Waals surface area contributed by atoms with Gasteiger partial charge in [-0.3, -0.25) is 4.90 Å². The predicted molar refractivity (Wildman–Crippen MR) is 112 cm³/mol. The molecule has 2 atom stereocenters. The summed E-state index contributed by atoms with van der Waals surface area (Å²) >= 11 is 6.03. The Morgan fingerprint density at radius 1 is 1.21 bits per heavy atom. The molecule has 1 aromatic rings. The maximum Gasteiger partial charge on any atom is 0.410 e. The molecule has 2 aliphatic heterocycles. The van der Waals surface area contributed by atoms with Gasteiger partial charge in [-0.15, -0.1) is 0 Å². The van der Waals surface area contributed by atoms with Crippen molar-refractivity contribution in [2.75, 3.05) is 26.2 Å². The van der Waals surface area contributed by atoms with E-state index in [0.717, 1.165) is 50.5 Å². The van der Waals surface area contributed by atoms with Crippen molar-refractivity contribution in [1.82, 2.24) is 9.80 Å². The molecule has 28 heavy (non-hydrogen) atoms. The van der Waals surface area contributed by atoms with Gasteiger partial charge in [0.1, 0.15) is 5.60 Å². The first-order chi connectivity index (χ1) is 13.2. The Morgan fingerprint density at radius 3 is 2.46 bits per heavy atom. The zero-order valence-corrected chi connectivity index (χ0v) is 18.2. The van der Waals surface area contributed by atoms with Crippen LogP contribution in [0.4, 0.5) is 4.79 Å². The van der Waals surface area contributed by atoms with E-state index in [1.165, 1.54) is 5.56 Å². The maximum atomic E-state index is 12.3. The Bertz CT molecular complexity index is 651. The standard InChI is InChI=1S/C22H33ClN2O3/c1-16-14-25(20(15-27-16)13-17-5-7-18(23)8-6-17)19-9-11-24(12-10-19)21(26)28-22(2,3)4/h5-8,16,19-20H,9-15H2,1-4H3/t16-,20?/m0/s1. The van der Waals surface area contributed by atoms with E-state index in [2.05, 4.69) is 24.0 Å². The van der Waals surface area contributed by atoms with Gasteiger partial charge in [0.15, 0.2) is 0 Å². The Morgan fingerprint density at radius 2 is 1.86 bits per heavy atom. The molecule has 2 heterocycles. The number of hydrogen-bond donors (Lipinski definition) is 0. The third kappa shape index (κ3) is 5.85. The molecular weight excluding hydrogens is 376 g/mol. The second kappa shape index (κ2) is 9.02. The van der Waals surface area contributed by atoms with Gasteiger partial charge in [-0.1, -0.05) is 23.7 Å². The molecule has 1 unspecified atom stereocenters. The van der Waals surface area contributed by atoms with Gasteiger partial charge in [-0.25, -0.2) is 4.79 Å². The number of nitrogens with zero attached hydrogens (tertiary/aromatic N) is 2. The van der Waals surface area contributed by atoms with Gasteiger partial charge < -0.3 is 14.4 Å². The van der Waals surface area contributed by atoms with E-state index in [0.29, 0.717) is 12.1 Å². The van der Waals surface area contributed by atoms with Crippen LogP contribution in [-0.4, -0.2) is 65.9 Å². The van der Waals surface area contributed by atoms with E-state index >= 15 is 0 Å². The Kier molecular flexibility index (Phi) is 6.89. The molecule has 0 N–H and O–H groups in total. The molecule has 2 aliphatic rings. The van der Waals surface area contributed by atoms with E-state index in [-0.39, 0.29) is 12.2 Å². The molecule has 5 nitrogen and oxygen atoms in total. The second-order valence-electron chi connectivity index (χ2n) is 9.02. The lowest BCUT2D eigenvalue weighted by molar-refractivity contribution is -0.0799. The van der Waals surface area contributed by atoms with Crippen LogP contribution in [-0.2, 0) is 15.9 Å². The summed E-state index contributed by atoms with van der Waals surface area (Å²) in [7, 11) is 0.